The zero-order valence-electron chi connectivity index (χ0n) is 71.4. The summed E-state index contributed by atoms with van der Waals surface area (Å²) in [5, 5.41) is 7.23. The van der Waals surface area contributed by atoms with Gasteiger partial charge in [0, 0.05) is 278 Å². The molecule has 630 valence electrons. The predicted octanol–water partition coefficient (Wildman–Crippen LogP) is 13.4. The van der Waals surface area contributed by atoms with Gasteiger partial charge in [-0.25, -0.2) is 4.39 Å². The topological polar surface area (TPSA) is 114 Å². The minimum atomic E-state index is -0.182. The number of amides is 3. The van der Waals surface area contributed by atoms with E-state index in [1.807, 2.05) is 51.1 Å². The summed E-state index contributed by atoms with van der Waals surface area (Å²) in [7, 11) is 8.33. The molecule has 0 radical (unpaired) electrons. The quantitative estimate of drug-likeness (QED) is 0.0541. The number of likely N-dealkylation sites (N-methyl/N-ethyl adjacent to an activating group) is 3. The fraction of sp³-hybridized carbons (Fsp3) is 0.430. The lowest BCUT2D eigenvalue weighted by Gasteiger charge is -2.34. The second-order valence-electron chi connectivity index (χ2n) is 34.3. The van der Waals surface area contributed by atoms with Crippen molar-refractivity contribution in [3.63, 3.8) is 0 Å². The van der Waals surface area contributed by atoms with Crippen LogP contribution in [0, 0.1) is 5.82 Å². The SMILES string of the molecule is CN1CCN(CCCn2c3ccccc3c3cc(C(=O)N4CCN(CCc5cccc(F)c5)CC4)ccc32)CC1.CN1CCN(CCCn2c3ccccc3c3cc(C(=O)N4CCN(CCc5ccccc5)CC4)ccc32)CC1.COc1cccc(CCN2CCN(C(=O)c3ccc4c(c3)c3ccccc3n4CCCN3CCN(C)CC3)CC2)c1. The maximum atomic E-state index is 13.6. The van der Waals surface area contributed by atoms with Crippen LogP contribution < -0.4 is 4.74 Å². The Morgan fingerprint density at radius 1 is 0.275 bits per heavy atom. The molecule has 0 unspecified atom stereocenters. The number of hydrogen-bond acceptors (Lipinski definition) is 13. The summed E-state index contributed by atoms with van der Waals surface area (Å²) >= 11 is 0. The van der Waals surface area contributed by atoms with Crippen LogP contribution in [0.2, 0.25) is 0 Å². The van der Waals surface area contributed by atoms with Gasteiger partial charge in [0.1, 0.15) is 11.6 Å². The molecule has 6 fully saturated rings. The van der Waals surface area contributed by atoms with Crippen LogP contribution in [-0.2, 0) is 38.9 Å². The van der Waals surface area contributed by atoms with Crippen LogP contribution in [0.4, 0.5) is 4.39 Å². The van der Waals surface area contributed by atoms with Crippen LogP contribution in [-0.4, -0.2) is 315 Å². The number of aryl methyl sites for hydroxylation is 3. The highest BCUT2D eigenvalue weighted by atomic mass is 19.1. The molecule has 18 rings (SSSR count). The van der Waals surface area contributed by atoms with Crippen LogP contribution in [0.25, 0.3) is 65.4 Å². The lowest BCUT2D eigenvalue weighted by molar-refractivity contribution is 0.0632. The highest BCUT2D eigenvalue weighted by Gasteiger charge is 2.29. The fourth-order valence-electron chi connectivity index (χ4n) is 19.0. The zero-order valence-corrected chi connectivity index (χ0v) is 71.4. The number of benzene rings is 9. The molecule has 20 heteroatoms. The van der Waals surface area contributed by atoms with E-state index in [4.69, 9.17) is 4.74 Å². The van der Waals surface area contributed by atoms with Gasteiger partial charge in [-0.1, -0.05) is 109 Å². The molecule has 6 aliphatic rings. The van der Waals surface area contributed by atoms with Crippen molar-refractivity contribution in [2.75, 3.05) is 225 Å². The van der Waals surface area contributed by atoms with Crippen molar-refractivity contribution in [1.82, 2.24) is 72.5 Å². The molecule has 0 saturated carbocycles. The lowest BCUT2D eigenvalue weighted by atomic mass is 10.1. The van der Waals surface area contributed by atoms with E-state index in [2.05, 4.69) is 231 Å². The standard InChI is InChI=1S/C34H43N5O2.C33H40FN5O.C33H41N5O/c1-35-17-19-36(20-18-35)14-6-15-39-32-10-4-3-9-30(32)31-26-28(11-12-33(31)39)34(40)38-23-21-37(22-24-38)16-13-27-7-5-8-29(25-27)41-2;1-35-16-18-36(19-17-35)13-5-14-39-31-9-3-2-8-29(31)30-25-27(10-11-32(30)39)33(40)38-22-20-37(21-23-38)15-12-26-6-4-7-28(34)24-26;1-34-18-20-35(21-19-34)15-7-16-38-31-11-6-5-10-29(31)30-26-28(12-13-32(30)38)33(39)37-24-22-36(23-25-37)17-14-27-8-3-2-4-9-27/h3-5,7-12,25-26H,6,13-24H2,1-2H3;2-4,6-11,24-25H,5,12-23H2,1H3;2-6,8-13,26H,7,14-25H2,1H3. The Bertz CT molecular complexity index is 5400. The van der Waals surface area contributed by atoms with Crippen molar-refractivity contribution in [1.29, 1.82) is 0 Å². The molecule has 0 N–H and O–H groups in total. The van der Waals surface area contributed by atoms with Gasteiger partial charge in [0.2, 0.25) is 0 Å². The average Bonchev–Trinajstić information content (AvgIpc) is 1.62. The Balaban J connectivity index is 0.000000134. The van der Waals surface area contributed by atoms with Crippen molar-refractivity contribution in [2.45, 2.75) is 58.2 Å². The maximum absolute atomic E-state index is 13.6. The van der Waals surface area contributed by atoms with Gasteiger partial charge in [-0.2, -0.15) is 0 Å². The van der Waals surface area contributed by atoms with Crippen LogP contribution in [0.5, 0.6) is 5.75 Å². The minimum Gasteiger partial charge on any atom is -0.497 e. The van der Waals surface area contributed by atoms with Crippen molar-refractivity contribution in [3.05, 3.63) is 245 Å². The molecule has 9 aromatic carbocycles. The highest BCUT2D eigenvalue weighted by Crippen LogP contribution is 2.35. The van der Waals surface area contributed by atoms with E-state index in [-0.39, 0.29) is 23.5 Å². The molecule has 12 aromatic rings. The number of carbonyl (C=O) groups is 3. The first-order valence-corrected chi connectivity index (χ1v) is 44.5. The van der Waals surface area contributed by atoms with Crippen LogP contribution >= 0.6 is 0 Å². The van der Waals surface area contributed by atoms with Crippen molar-refractivity contribution < 1.29 is 23.5 Å². The number of carbonyl (C=O) groups excluding carboxylic acids is 3. The smallest absolute Gasteiger partial charge is 0.253 e. The normalized spacial score (nSPS) is 17.7. The van der Waals surface area contributed by atoms with Crippen molar-refractivity contribution >= 4 is 83.1 Å². The van der Waals surface area contributed by atoms with E-state index in [0.29, 0.717) is 13.1 Å². The average molecular weight is 1620 g/mol. The summed E-state index contributed by atoms with van der Waals surface area (Å²) in [5.74, 6) is 1.14. The molecular formula is C100H124FN15O4. The van der Waals surface area contributed by atoms with Gasteiger partial charge in [-0.3, -0.25) is 29.1 Å². The Kier molecular flexibility index (Phi) is 28.1. The molecule has 0 atom stereocenters. The summed E-state index contributed by atoms with van der Waals surface area (Å²) < 4.78 is 26.2. The third kappa shape index (κ3) is 20.7. The molecule has 120 heavy (non-hydrogen) atoms. The Morgan fingerprint density at radius 2 is 0.567 bits per heavy atom. The largest absolute Gasteiger partial charge is 0.497 e. The van der Waals surface area contributed by atoms with Crippen LogP contribution in [0.1, 0.15) is 67.0 Å². The van der Waals surface area contributed by atoms with Gasteiger partial charge < -0.3 is 62.5 Å². The minimum absolute atomic E-state index is 0.110. The number of para-hydroxylation sites is 3. The molecule has 19 nitrogen and oxygen atoms in total. The number of methoxy groups -OCH3 is 1. The number of piperazine rings is 6. The van der Waals surface area contributed by atoms with Gasteiger partial charge in [-0.15, -0.1) is 0 Å². The second-order valence-corrected chi connectivity index (χ2v) is 34.3. The number of halogens is 1. The molecule has 6 saturated heterocycles. The van der Waals surface area contributed by atoms with E-state index in [1.165, 1.54) is 77.2 Å². The third-order valence-corrected chi connectivity index (χ3v) is 26.4. The first-order valence-electron chi connectivity index (χ1n) is 44.5. The maximum Gasteiger partial charge on any atom is 0.253 e. The predicted molar refractivity (Wildman–Crippen MR) is 488 cm³/mol. The molecule has 3 aromatic heterocycles. The number of aromatic nitrogens is 3. The van der Waals surface area contributed by atoms with E-state index in [1.54, 1.807) is 19.2 Å². The Morgan fingerprint density at radius 3 is 0.917 bits per heavy atom. The van der Waals surface area contributed by atoms with Gasteiger partial charge in [-0.05, 0) is 193 Å². The molecule has 0 bridgehead atoms. The van der Waals surface area contributed by atoms with Crippen LogP contribution in [0.3, 0.4) is 0 Å². The van der Waals surface area contributed by atoms with E-state index < -0.39 is 0 Å². The van der Waals surface area contributed by atoms with E-state index in [0.717, 1.165) is 275 Å². The van der Waals surface area contributed by atoms with E-state index >= 15 is 0 Å². The monoisotopic (exact) mass is 1620 g/mol. The summed E-state index contributed by atoms with van der Waals surface area (Å²) in [6.07, 6.45) is 6.24. The number of nitrogens with zero attached hydrogens (tertiary/aromatic N) is 15. The number of fused-ring (bicyclic) bond motifs is 9. The summed E-state index contributed by atoms with van der Waals surface area (Å²) in [5.41, 5.74) is 13.5. The highest BCUT2D eigenvalue weighted by molar-refractivity contribution is 6.13. The first-order chi connectivity index (χ1) is 58.8. The lowest BCUT2D eigenvalue weighted by Crippen LogP contribution is -2.49. The summed E-state index contributed by atoms with van der Waals surface area (Å²) in [6, 6.07) is 70.7. The number of ether oxygens (including phenoxy) is 1. The molecule has 0 aliphatic carbocycles. The van der Waals surface area contributed by atoms with Gasteiger partial charge >= 0.3 is 0 Å². The molecular weight excluding hydrogens is 1490 g/mol. The van der Waals surface area contributed by atoms with Crippen LogP contribution in [0.15, 0.2) is 206 Å². The summed E-state index contributed by atoms with van der Waals surface area (Å²) in [4.78, 5) is 69.0. The Labute approximate surface area is 709 Å². The fourth-order valence-corrected chi connectivity index (χ4v) is 19.0. The van der Waals surface area contributed by atoms with Crippen molar-refractivity contribution in [3.8, 4) is 5.75 Å². The Hall–Kier alpha value is -9.84. The second kappa shape index (κ2) is 40.2. The summed E-state index contributed by atoms with van der Waals surface area (Å²) in [6.45, 7) is 33.1. The first kappa shape index (κ1) is 83.8. The van der Waals surface area contributed by atoms with Gasteiger partial charge in [0.05, 0.1) is 7.11 Å². The number of rotatable bonds is 25. The molecule has 3 amide bonds. The van der Waals surface area contributed by atoms with E-state index in [9.17, 15) is 18.8 Å². The van der Waals surface area contributed by atoms with Gasteiger partial charge in [0.25, 0.3) is 17.7 Å². The third-order valence-electron chi connectivity index (χ3n) is 26.4. The van der Waals surface area contributed by atoms with Gasteiger partial charge in [0.15, 0.2) is 0 Å². The number of hydrogen-bond donors (Lipinski definition) is 0. The van der Waals surface area contributed by atoms with Crippen molar-refractivity contribution in [2.24, 2.45) is 0 Å². The molecule has 6 aliphatic heterocycles. The zero-order chi connectivity index (χ0) is 82.3. The molecule has 9 heterocycles. The molecule has 0 spiro atoms.